The predicted molar refractivity (Wildman–Crippen MR) is 123 cm³/mol. The molecule has 0 bridgehead atoms. The zero-order valence-corrected chi connectivity index (χ0v) is 20.0. The second kappa shape index (κ2) is 8.70. The molecule has 1 saturated heterocycles. The summed E-state index contributed by atoms with van der Waals surface area (Å²) in [4.78, 5) is 14.1. The van der Waals surface area contributed by atoms with Gasteiger partial charge in [-0.05, 0) is 81.4 Å². The van der Waals surface area contributed by atoms with E-state index in [2.05, 4.69) is 5.16 Å². The Balaban J connectivity index is 1.50. The van der Waals surface area contributed by atoms with Crippen molar-refractivity contribution < 1.29 is 26.7 Å². The van der Waals surface area contributed by atoms with Gasteiger partial charge in [0, 0.05) is 13.1 Å². The smallest absolute Gasteiger partial charge is 0.410 e. The number of rotatable bonds is 4. The van der Waals surface area contributed by atoms with Crippen molar-refractivity contribution in [1.29, 1.82) is 0 Å². The minimum atomic E-state index is -4.04. The van der Waals surface area contributed by atoms with Crippen LogP contribution in [0.4, 0.5) is 4.79 Å². The molecule has 0 saturated carbocycles. The van der Waals surface area contributed by atoms with Crippen LogP contribution in [-0.2, 0) is 14.9 Å². The molecule has 2 heterocycles. The van der Waals surface area contributed by atoms with Gasteiger partial charge in [-0.2, -0.15) is 8.42 Å². The minimum absolute atomic E-state index is 0.0509. The van der Waals surface area contributed by atoms with E-state index in [4.69, 9.17) is 13.4 Å². The number of piperidine rings is 1. The van der Waals surface area contributed by atoms with E-state index in [0.717, 1.165) is 24.0 Å². The standard InChI is InChI=1S/C24H28N2O6S/c1-16-5-8-19(9-6-16)33(28,29)32-22-20-15-18(7-10-21(20)31-25-22)17-11-13-26(14-12-17)23(27)30-24(2,3)4/h5-10,15,17H,11-14H2,1-4H3. The maximum absolute atomic E-state index is 12.7. The van der Waals surface area contributed by atoms with Gasteiger partial charge in [0.25, 0.3) is 5.88 Å². The maximum Gasteiger partial charge on any atom is 0.410 e. The quantitative estimate of drug-likeness (QED) is 0.492. The molecule has 1 fully saturated rings. The first-order chi connectivity index (χ1) is 15.5. The van der Waals surface area contributed by atoms with Crippen LogP contribution in [-0.4, -0.2) is 43.3 Å². The van der Waals surface area contributed by atoms with Gasteiger partial charge in [-0.15, -0.1) is 0 Å². The zero-order valence-electron chi connectivity index (χ0n) is 19.2. The van der Waals surface area contributed by atoms with Gasteiger partial charge in [-0.3, -0.25) is 0 Å². The lowest BCUT2D eigenvalue weighted by molar-refractivity contribution is 0.0205. The summed E-state index contributed by atoms with van der Waals surface area (Å²) >= 11 is 0. The van der Waals surface area contributed by atoms with E-state index < -0.39 is 15.7 Å². The fourth-order valence-electron chi connectivity index (χ4n) is 3.83. The maximum atomic E-state index is 12.7. The molecule has 0 unspecified atom stereocenters. The average molecular weight is 473 g/mol. The Morgan fingerprint density at radius 3 is 2.39 bits per heavy atom. The monoisotopic (exact) mass is 472 g/mol. The molecule has 0 spiro atoms. The van der Waals surface area contributed by atoms with Gasteiger partial charge in [0.2, 0.25) is 0 Å². The van der Waals surface area contributed by atoms with E-state index in [0.29, 0.717) is 24.1 Å². The molecule has 2 aromatic carbocycles. The summed E-state index contributed by atoms with van der Waals surface area (Å²) in [6, 6.07) is 12.0. The van der Waals surface area contributed by atoms with Crippen molar-refractivity contribution in [2.75, 3.05) is 13.1 Å². The number of aryl methyl sites for hydroxylation is 1. The number of benzene rings is 2. The van der Waals surface area contributed by atoms with Crippen molar-refractivity contribution in [3.63, 3.8) is 0 Å². The third kappa shape index (κ3) is 5.30. The molecule has 176 valence electrons. The Kier molecular flexibility index (Phi) is 6.09. The second-order valence-electron chi connectivity index (χ2n) is 9.34. The van der Waals surface area contributed by atoms with Crippen molar-refractivity contribution in [3.05, 3.63) is 53.6 Å². The lowest BCUT2D eigenvalue weighted by Gasteiger charge is -2.33. The summed E-state index contributed by atoms with van der Waals surface area (Å²) in [7, 11) is -4.04. The first-order valence-corrected chi connectivity index (χ1v) is 12.3. The van der Waals surface area contributed by atoms with E-state index in [1.165, 1.54) is 12.1 Å². The van der Waals surface area contributed by atoms with Crippen molar-refractivity contribution in [3.8, 4) is 5.88 Å². The van der Waals surface area contributed by atoms with Gasteiger partial charge < -0.3 is 18.3 Å². The number of carbonyl (C=O) groups excluding carboxylic acids is 1. The number of aromatic nitrogens is 1. The lowest BCUT2D eigenvalue weighted by Crippen LogP contribution is -2.41. The Labute approximate surface area is 193 Å². The van der Waals surface area contributed by atoms with Crippen molar-refractivity contribution >= 4 is 27.2 Å². The van der Waals surface area contributed by atoms with Crippen molar-refractivity contribution in [2.45, 2.75) is 57.0 Å². The third-order valence-corrected chi connectivity index (χ3v) is 6.80. The van der Waals surface area contributed by atoms with Crippen molar-refractivity contribution in [2.24, 2.45) is 0 Å². The first kappa shape index (κ1) is 23.1. The van der Waals surface area contributed by atoms with Crippen LogP contribution < -0.4 is 4.18 Å². The number of carbonyl (C=O) groups is 1. The van der Waals surface area contributed by atoms with E-state index in [-0.39, 0.29) is 22.8 Å². The fraction of sp³-hybridized carbons (Fsp3) is 0.417. The molecular weight excluding hydrogens is 444 g/mol. The van der Waals surface area contributed by atoms with Gasteiger partial charge >= 0.3 is 16.2 Å². The van der Waals surface area contributed by atoms with Crippen LogP contribution >= 0.6 is 0 Å². The number of likely N-dealkylation sites (tertiary alicyclic amines) is 1. The summed E-state index contributed by atoms with van der Waals surface area (Å²) in [6.45, 7) is 8.61. The largest absolute Gasteiger partial charge is 0.444 e. The summed E-state index contributed by atoms with van der Waals surface area (Å²) in [5, 5.41) is 4.33. The normalized spacial score (nSPS) is 15.6. The number of nitrogens with zero attached hydrogens (tertiary/aromatic N) is 2. The van der Waals surface area contributed by atoms with Crippen LogP contribution in [0.5, 0.6) is 5.88 Å². The van der Waals surface area contributed by atoms with Crippen LogP contribution in [0, 0.1) is 6.92 Å². The number of fused-ring (bicyclic) bond motifs is 1. The molecular formula is C24H28N2O6S. The Morgan fingerprint density at radius 1 is 1.09 bits per heavy atom. The molecule has 0 N–H and O–H groups in total. The van der Waals surface area contributed by atoms with Gasteiger partial charge in [0.1, 0.15) is 10.5 Å². The summed E-state index contributed by atoms with van der Waals surface area (Å²) < 4.78 is 41.4. The number of hydrogen-bond donors (Lipinski definition) is 0. The van der Waals surface area contributed by atoms with Crippen LogP contribution in [0.3, 0.4) is 0 Å². The lowest BCUT2D eigenvalue weighted by atomic mass is 9.89. The molecule has 0 radical (unpaired) electrons. The Bertz CT molecular complexity index is 1250. The van der Waals surface area contributed by atoms with Gasteiger partial charge in [-0.1, -0.05) is 23.8 Å². The highest BCUT2D eigenvalue weighted by molar-refractivity contribution is 7.87. The highest BCUT2D eigenvalue weighted by Crippen LogP contribution is 2.34. The summed E-state index contributed by atoms with van der Waals surface area (Å²) in [6.07, 6.45) is 1.24. The van der Waals surface area contributed by atoms with Crippen LogP contribution in [0.1, 0.15) is 50.7 Å². The molecule has 1 amide bonds. The fourth-order valence-corrected chi connectivity index (χ4v) is 4.72. The highest BCUT2D eigenvalue weighted by Gasteiger charge is 2.28. The van der Waals surface area contributed by atoms with Crippen LogP contribution in [0.15, 0.2) is 51.9 Å². The molecule has 1 aliphatic rings. The van der Waals surface area contributed by atoms with Crippen LogP contribution in [0.2, 0.25) is 0 Å². The highest BCUT2D eigenvalue weighted by atomic mass is 32.2. The van der Waals surface area contributed by atoms with E-state index >= 15 is 0 Å². The molecule has 0 aliphatic carbocycles. The van der Waals surface area contributed by atoms with Crippen LogP contribution in [0.25, 0.3) is 11.0 Å². The zero-order chi connectivity index (χ0) is 23.8. The van der Waals surface area contributed by atoms with Gasteiger partial charge in [-0.25, -0.2) is 4.79 Å². The van der Waals surface area contributed by atoms with E-state index in [1.54, 1.807) is 23.1 Å². The van der Waals surface area contributed by atoms with Gasteiger partial charge in [0.15, 0.2) is 5.58 Å². The molecule has 4 rings (SSSR count). The number of amides is 1. The van der Waals surface area contributed by atoms with E-state index in [9.17, 15) is 13.2 Å². The average Bonchev–Trinajstić information content (AvgIpc) is 3.14. The Morgan fingerprint density at radius 2 is 1.76 bits per heavy atom. The molecule has 3 aromatic rings. The summed E-state index contributed by atoms with van der Waals surface area (Å²) in [5.74, 6) is 0.128. The molecule has 1 aromatic heterocycles. The van der Waals surface area contributed by atoms with Gasteiger partial charge in [0.05, 0.1) is 5.39 Å². The predicted octanol–water partition coefficient (Wildman–Crippen LogP) is 5.02. The number of ether oxygens (including phenoxy) is 1. The Hall–Kier alpha value is -3.07. The minimum Gasteiger partial charge on any atom is -0.444 e. The molecule has 1 aliphatic heterocycles. The van der Waals surface area contributed by atoms with E-state index in [1.807, 2.05) is 39.8 Å². The first-order valence-electron chi connectivity index (χ1n) is 10.9. The molecule has 0 atom stereocenters. The second-order valence-corrected chi connectivity index (χ2v) is 10.9. The molecule has 33 heavy (non-hydrogen) atoms. The molecule has 8 nitrogen and oxygen atoms in total. The number of hydrogen-bond acceptors (Lipinski definition) is 7. The topological polar surface area (TPSA) is 98.9 Å². The third-order valence-electron chi connectivity index (χ3n) is 5.58. The molecule has 9 heteroatoms. The SMILES string of the molecule is Cc1ccc(S(=O)(=O)Oc2noc3ccc(C4CCN(C(=O)OC(C)(C)C)CC4)cc23)cc1. The summed E-state index contributed by atoms with van der Waals surface area (Å²) in [5.41, 5.74) is 1.89. The van der Waals surface area contributed by atoms with Crippen molar-refractivity contribution in [1.82, 2.24) is 10.1 Å².